The predicted molar refractivity (Wildman–Crippen MR) is 137 cm³/mol. The number of fused-ring (bicyclic) bond motifs is 3. The van der Waals surface area contributed by atoms with Crippen LogP contribution < -0.4 is 14.9 Å². The molecule has 1 aliphatic rings. The molecule has 5 aromatic rings. The number of hydrazone groups is 1. The van der Waals surface area contributed by atoms with Crippen LogP contribution in [0.25, 0.3) is 21.7 Å². The third-order valence-electron chi connectivity index (χ3n) is 6.16. The summed E-state index contributed by atoms with van der Waals surface area (Å²) in [6.07, 6.45) is 2.95. The molecule has 0 bridgehead atoms. The Morgan fingerprint density at radius 3 is 2.49 bits per heavy atom. The van der Waals surface area contributed by atoms with Crippen LogP contribution in [0.5, 0.6) is 11.5 Å². The largest absolute Gasteiger partial charge is 0.485 e. The van der Waals surface area contributed by atoms with E-state index in [-0.39, 0.29) is 12.5 Å². The fourth-order valence-corrected chi connectivity index (χ4v) is 4.41. The number of ether oxygens (including phenoxy) is 2. The Hall–Kier alpha value is -4.58. The first kappa shape index (κ1) is 21.0. The predicted octanol–water partition coefficient (Wildman–Crippen LogP) is 5.13. The molecule has 4 aromatic carbocycles. The van der Waals surface area contributed by atoms with Crippen molar-refractivity contribution in [2.45, 2.75) is 12.6 Å². The van der Waals surface area contributed by atoms with Crippen LogP contribution in [0.3, 0.4) is 0 Å². The zero-order valence-corrected chi connectivity index (χ0v) is 18.9. The van der Waals surface area contributed by atoms with Crippen LogP contribution in [-0.4, -0.2) is 29.4 Å². The molecular formula is C29H23N3O3. The first-order valence-corrected chi connectivity index (χ1v) is 11.5. The summed E-state index contributed by atoms with van der Waals surface area (Å²) in [7, 11) is 0. The highest BCUT2D eigenvalue weighted by Crippen LogP contribution is 2.35. The van der Waals surface area contributed by atoms with Gasteiger partial charge in [0.15, 0.2) is 11.5 Å². The summed E-state index contributed by atoms with van der Waals surface area (Å²) in [4.78, 5) is 12.7. The number of para-hydroxylation sites is 1. The first-order valence-electron chi connectivity index (χ1n) is 11.5. The molecule has 0 spiro atoms. The molecular weight excluding hydrogens is 438 g/mol. The van der Waals surface area contributed by atoms with E-state index in [1.165, 1.54) is 5.56 Å². The normalized spacial score (nSPS) is 15.0. The van der Waals surface area contributed by atoms with Crippen LogP contribution in [0, 0.1) is 0 Å². The summed E-state index contributed by atoms with van der Waals surface area (Å²) in [5.74, 6) is 0.846. The van der Waals surface area contributed by atoms with Gasteiger partial charge in [-0.2, -0.15) is 5.10 Å². The van der Waals surface area contributed by atoms with Gasteiger partial charge in [-0.3, -0.25) is 4.79 Å². The molecule has 1 aromatic heterocycles. The summed E-state index contributed by atoms with van der Waals surface area (Å²) in [6.45, 7) is 0.881. The van der Waals surface area contributed by atoms with Crippen molar-refractivity contribution in [1.82, 2.24) is 9.99 Å². The lowest BCUT2D eigenvalue weighted by atomic mass is 10.1. The van der Waals surface area contributed by atoms with Crippen LogP contribution in [0.4, 0.5) is 0 Å². The molecule has 0 unspecified atom stereocenters. The Morgan fingerprint density at radius 1 is 0.943 bits per heavy atom. The lowest BCUT2D eigenvalue weighted by Crippen LogP contribution is -2.42. The summed E-state index contributed by atoms with van der Waals surface area (Å²) in [5.41, 5.74) is 5.86. The summed E-state index contributed by atoms with van der Waals surface area (Å²) in [5, 5.41) is 7.38. The number of rotatable bonds is 5. The van der Waals surface area contributed by atoms with Crippen LogP contribution in [0.1, 0.15) is 11.1 Å². The number of benzene rings is 4. The minimum Gasteiger partial charge on any atom is -0.485 e. The van der Waals surface area contributed by atoms with Crippen LogP contribution in [0.15, 0.2) is 102 Å². The van der Waals surface area contributed by atoms with Crippen molar-refractivity contribution in [2.75, 3.05) is 6.61 Å². The molecule has 0 saturated carbocycles. The molecule has 1 atom stereocenters. The molecule has 172 valence electrons. The van der Waals surface area contributed by atoms with E-state index in [1.54, 1.807) is 6.21 Å². The number of hydrogen-bond donors (Lipinski definition) is 1. The zero-order valence-electron chi connectivity index (χ0n) is 18.9. The Morgan fingerprint density at radius 2 is 1.66 bits per heavy atom. The maximum Gasteiger partial charge on any atom is 0.284 e. The van der Waals surface area contributed by atoms with E-state index in [1.807, 2.05) is 66.7 Å². The van der Waals surface area contributed by atoms with Crippen LogP contribution in [0.2, 0.25) is 0 Å². The number of carbonyl (C=O) groups is 1. The standard InChI is InChI=1S/C29H23N3O3/c33-29(28-19-34-26-14-21-10-4-5-11-22(21)15-27(26)35-28)31-30-16-23-18-32(17-20-8-2-1-3-9-20)25-13-7-6-12-24(23)25/h1-16,18,28H,17,19H2,(H,31,33)/b30-16-/t28-/m1/s1. The molecule has 6 heteroatoms. The molecule has 0 fully saturated rings. The van der Waals surface area contributed by atoms with Gasteiger partial charge in [0, 0.05) is 29.2 Å². The quantitative estimate of drug-likeness (QED) is 0.291. The van der Waals surface area contributed by atoms with Crippen molar-refractivity contribution in [3.63, 3.8) is 0 Å². The highest BCUT2D eigenvalue weighted by atomic mass is 16.6. The molecule has 1 amide bonds. The van der Waals surface area contributed by atoms with Crippen molar-refractivity contribution in [2.24, 2.45) is 5.10 Å². The van der Waals surface area contributed by atoms with E-state index in [0.717, 1.165) is 33.8 Å². The molecule has 35 heavy (non-hydrogen) atoms. The van der Waals surface area contributed by atoms with E-state index in [9.17, 15) is 4.79 Å². The van der Waals surface area contributed by atoms with Crippen LogP contribution >= 0.6 is 0 Å². The van der Waals surface area contributed by atoms with Crippen molar-refractivity contribution in [1.29, 1.82) is 0 Å². The van der Waals surface area contributed by atoms with E-state index in [2.05, 4.69) is 45.6 Å². The third kappa shape index (κ3) is 4.22. The summed E-state index contributed by atoms with van der Waals surface area (Å²) < 4.78 is 13.9. The van der Waals surface area contributed by atoms with Gasteiger partial charge in [0.2, 0.25) is 6.10 Å². The average Bonchev–Trinajstić information content (AvgIpc) is 3.25. The van der Waals surface area contributed by atoms with E-state index < -0.39 is 6.10 Å². The van der Waals surface area contributed by atoms with Gasteiger partial charge in [0.25, 0.3) is 5.91 Å². The van der Waals surface area contributed by atoms with Crippen LogP contribution in [-0.2, 0) is 11.3 Å². The Labute approximate surface area is 202 Å². The molecule has 0 aliphatic carbocycles. The topological polar surface area (TPSA) is 64.9 Å². The van der Waals surface area contributed by atoms with Gasteiger partial charge in [-0.25, -0.2) is 5.43 Å². The average molecular weight is 462 g/mol. The van der Waals surface area contributed by atoms with Gasteiger partial charge < -0.3 is 14.0 Å². The van der Waals surface area contributed by atoms with E-state index >= 15 is 0 Å². The van der Waals surface area contributed by atoms with Crippen molar-refractivity contribution >= 4 is 33.8 Å². The van der Waals surface area contributed by atoms with E-state index in [4.69, 9.17) is 9.47 Å². The first-order chi connectivity index (χ1) is 17.2. The minimum absolute atomic E-state index is 0.128. The van der Waals surface area contributed by atoms with Crippen molar-refractivity contribution in [3.05, 3.63) is 108 Å². The maximum atomic E-state index is 12.7. The van der Waals surface area contributed by atoms with Crippen molar-refractivity contribution < 1.29 is 14.3 Å². The molecule has 2 heterocycles. The van der Waals surface area contributed by atoms with Gasteiger partial charge in [-0.05, 0) is 34.5 Å². The monoisotopic (exact) mass is 461 g/mol. The van der Waals surface area contributed by atoms with Gasteiger partial charge in [0.05, 0.1) is 6.21 Å². The van der Waals surface area contributed by atoms with E-state index in [0.29, 0.717) is 11.5 Å². The molecule has 1 aliphatic heterocycles. The molecule has 6 rings (SSSR count). The number of nitrogens with one attached hydrogen (secondary N) is 1. The minimum atomic E-state index is -0.778. The third-order valence-corrected chi connectivity index (χ3v) is 6.16. The second-order valence-electron chi connectivity index (χ2n) is 8.51. The number of amides is 1. The lowest BCUT2D eigenvalue weighted by molar-refractivity contribution is -0.130. The number of aromatic nitrogens is 1. The fraction of sp³-hybridized carbons (Fsp3) is 0.103. The molecule has 6 nitrogen and oxygen atoms in total. The van der Waals surface area contributed by atoms with Gasteiger partial charge in [-0.15, -0.1) is 0 Å². The Kier molecular flexibility index (Phi) is 5.39. The van der Waals surface area contributed by atoms with Gasteiger partial charge >= 0.3 is 0 Å². The number of nitrogens with zero attached hydrogens (tertiary/aromatic N) is 2. The SMILES string of the molecule is O=C(N/N=C\c1cn(Cc2ccccc2)c2ccccc12)[C@H]1COc2cc3ccccc3cc2O1. The summed E-state index contributed by atoms with van der Waals surface area (Å²) >= 11 is 0. The number of hydrogen-bond acceptors (Lipinski definition) is 4. The maximum absolute atomic E-state index is 12.7. The number of carbonyl (C=O) groups excluding carboxylic acids is 1. The fourth-order valence-electron chi connectivity index (χ4n) is 4.41. The lowest BCUT2D eigenvalue weighted by Gasteiger charge is -2.25. The highest BCUT2D eigenvalue weighted by Gasteiger charge is 2.27. The Bertz CT molecular complexity index is 1560. The Balaban J connectivity index is 1.17. The second kappa shape index (κ2) is 8.99. The smallest absolute Gasteiger partial charge is 0.284 e. The highest BCUT2D eigenvalue weighted by molar-refractivity contribution is 6.00. The van der Waals surface area contributed by atoms with Gasteiger partial charge in [-0.1, -0.05) is 72.8 Å². The summed E-state index contributed by atoms with van der Waals surface area (Å²) in [6, 6.07) is 30.3. The second-order valence-corrected chi connectivity index (χ2v) is 8.51. The van der Waals surface area contributed by atoms with Crippen molar-refractivity contribution in [3.8, 4) is 11.5 Å². The molecule has 0 radical (unpaired) electrons. The van der Waals surface area contributed by atoms with Gasteiger partial charge in [0.1, 0.15) is 6.61 Å². The zero-order chi connectivity index (χ0) is 23.6. The molecule has 1 N–H and O–H groups in total. The molecule has 0 saturated heterocycles.